The molecule has 8 nitrogen and oxygen atoms in total. The maximum absolute atomic E-state index is 7.08. The Kier molecular flexibility index (Phi) is 11.9. The minimum absolute atomic E-state index is 0. The Bertz CT molecular complexity index is 3360. The molecule has 9 aromatic rings. The van der Waals surface area contributed by atoms with Crippen LogP contribution in [0.1, 0.15) is 58.2 Å². The van der Waals surface area contributed by atoms with Gasteiger partial charge in [0.25, 0.3) is 0 Å². The summed E-state index contributed by atoms with van der Waals surface area (Å²) < 4.78 is 9.24. The Balaban J connectivity index is 0.00000553. The summed E-state index contributed by atoms with van der Waals surface area (Å²) in [6.45, 7) is 18.1. The molecular weight excluding hydrogens is 1030 g/mol. The molecule has 0 bridgehead atoms. The van der Waals surface area contributed by atoms with Gasteiger partial charge in [0, 0.05) is 39.7 Å². The molecule has 0 saturated carbocycles. The maximum Gasteiger partial charge on any atom is 4.00 e. The number of anilines is 4. The summed E-state index contributed by atoms with van der Waals surface area (Å²) >= 11 is 0. The van der Waals surface area contributed by atoms with Crippen molar-refractivity contribution in [1.29, 1.82) is 0 Å². The number of hydrogen-bond acceptors (Lipinski definition) is 6. The zero-order chi connectivity index (χ0) is 46.7. The molecule has 0 saturated heterocycles. The minimum Gasteiger partial charge on any atom is -0.508 e. The molecule has 0 amide bonds. The topological polar surface area (TPSA) is 73.4 Å². The van der Waals surface area contributed by atoms with Crippen molar-refractivity contribution in [2.75, 3.05) is 16.3 Å². The van der Waals surface area contributed by atoms with Gasteiger partial charge in [-0.15, -0.1) is 47.5 Å². The summed E-state index contributed by atoms with van der Waals surface area (Å²) in [6.07, 6.45) is 6.15. The Morgan fingerprint density at radius 1 is 0.623 bits per heavy atom. The van der Waals surface area contributed by atoms with E-state index >= 15 is 0 Å². The molecule has 342 valence electrons. The van der Waals surface area contributed by atoms with Gasteiger partial charge in [0.15, 0.2) is 11.6 Å². The fourth-order valence-electron chi connectivity index (χ4n) is 8.92. The van der Waals surface area contributed by atoms with E-state index in [1.165, 1.54) is 16.7 Å². The summed E-state index contributed by atoms with van der Waals surface area (Å²) in [4.78, 5) is 20.1. The van der Waals surface area contributed by atoms with Crippen LogP contribution in [0.2, 0.25) is 0 Å². The molecule has 0 N–H and O–H groups in total. The van der Waals surface area contributed by atoms with Crippen LogP contribution in [0.15, 0.2) is 164 Å². The zero-order valence-corrected chi connectivity index (χ0v) is 42.0. The SMILES string of the molecule is Cc1ccc(N2[CH-]N(c3[c-]c(Oc4[c-]c5c(cc4-c4nc(-c6ccc(C(C)(C)C)cc6)nc(-c6ccc(C(C)(C)C)cc6)n4)c4ccccc4n5C4=CC=CC[N-]4)ccc3)c3ccccc32)cc1.[Pt+4]. The summed E-state index contributed by atoms with van der Waals surface area (Å²) in [5.41, 5.74) is 11.9. The quantitative estimate of drug-likeness (QED) is 0.141. The molecule has 4 heterocycles. The number of benzene rings is 7. The molecule has 2 aliphatic rings. The predicted molar refractivity (Wildman–Crippen MR) is 279 cm³/mol. The van der Waals surface area contributed by atoms with E-state index in [4.69, 9.17) is 25.0 Å². The van der Waals surface area contributed by atoms with Gasteiger partial charge in [-0.25, -0.2) is 15.0 Å². The van der Waals surface area contributed by atoms with Gasteiger partial charge < -0.3 is 24.4 Å². The maximum atomic E-state index is 7.08. The first-order valence-corrected chi connectivity index (χ1v) is 23.2. The number of hydrogen-bond donors (Lipinski definition) is 0. The van der Waals surface area contributed by atoms with E-state index in [2.05, 4.69) is 227 Å². The number of nitrogens with zero attached hydrogens (tertiary/aromatic N) is 7. The molecule has 0 spiro atoms. The monoisotopic (exact) mass is 1080 g/mol. The summed E-state index contributed by atoms with van der Waals surface area (Å²) in [7, 11) is 0. The molecule has 0 fully saturated rings. The van der Waals surface area contributed by atoms with Crippen LogP contribution in [0.3, 0.4) is 0 Å². The number of fused-ring (bicyclic) bond motifs is 4. The molecule has 69 heavy (non-hydrogen) atoms. The molecule has 0 radical (unpaired) electrons. The number of ether oxygens (including phenoxy) is 1. The van der Waals surface area contributed by atoms with Crippen LogP contribution in [0, 0.1) is 25.7 Å². The van der Waals surface area contributed by atoms with Gasteiger partial charge in [-0.05, 0) is 70.8 Å². The third-order valence-corrected chi connectivity index (χ3v) is 12.7. The number of allylic oxidation sites excluding steroid dienone is 2. The molecule has 11 rings (SSSR count). The average molecular weight is 1080 g/mol. The second-order valence-electron chi connectivity index (χ2n) is 19.6. The van der Waals surface area contributed by atoms with Crippen molar-refractivity contribution in [2.45, 2.75) is 59.3 Å². The van der Waals surface area contributed by atoms with Crippen LogP contribution in [0.4, 0.5) is 22.7 Å². The number of para-hydroxylation sites is 3. The third-order valence-electron chi connectivity index (χ3n) is 12.7. The molecule has 0 aliphatic carbocycles. The van der Waals surface area contributed by atoms with Crippen molar-refractivity contribution < 1.29 is 25.8 Å². The Labute approximate surface area is 419 Å². The molecule has 7 aromatic carbocycles. The van der Waals surface area contributed by atoms with Gasteiger partial charge in [-0.3, -0.25) is 0 Å². The predicted octanol–water partition coefficient (Wildman–Crippen LogP) is 15.4. The molecule has 0 atom stereocenters. The van der Waals surface area contributed by atoms with Crippen LogP contribution >= 0.6 is 0 Å². The fourth-order valence-corrected chi connectivity index (χ4v) is 8.92. The van der Waals surface area contributed by atoms with Gasteiger partial charge in [-0.1, -0.05) is 174 Å². The first kappa shape index (κ1) is 45.5. The van der Waals surface area contributed by atoms with Gasteiger partial charge >= 0.3 is 21.1 Å². The van der Waals surface area contributed by atoms with Crippen LogP contribution in [-0.2, 0) is 31.9 Å². The van der Waals surface area contributed by atoms with Crippen LogP contribution in [0.25, 0.3) is 67.1 Å². The van der Waals surface area contributed by atoms with Gasteiger partial charge in [-0.2, -0.15) is 12.1 Å². The summed E-state index contributed by atoms with van der Waals surface area (Å²) in [6, 6.07) is 58.0. The van der Waals surface area contributed by atoms with Gasteiger partial charge in [0.2, 0.25) is 0 Å². The van der Waals surface area contributed by atoms with E-state index in [1.807, 2.05) is 18.2 Å². The number of rotatable bonds is 8. The Morgan fingerprint density at radius 2 is 1.23 bits per heavy atom. The van der Waals surface area contributed by atoms with E-state index in [0.717, 1.165) is 61.5 Å². The van der Waals surface area contributed by atoms with Crippen LogP contribution in [0.5, 0.6) is 11.5 Å². The van der Waals surface area contributed by atoms with Crippen molar-refractivity contribution in [1.82, 2.24) is 19.5 Å². The van der Waals surface area contributed by atoms with Crippen molar-refractivity contribution in [3.8, 4) is 45.7 Å². The number of aryl methyl sites for hydroxylation is 1. The first-order chi connectivity index (χ1) is 32.9. The van der Waals surface area contributed by atoms with Crippen molar-refractivity contribution in [3.63, 3.8) is 0 Å². The van der Waals surface area contributed by atoms with E-state index in [0.29, 0.717) is 41.1 Å². The third kappa shape index (κ3) is 8.75. The fraction of sp³-hybridized carbons (Fsp3) is 0.167. The van der Waals surface area contributed by atoms with Gasteiger partial charge in [0.1, 0.15) is 5.82 Å². The standard InChI is InChI=1S/C60H51N7O.Pt/c1-39-22-32-44(33-23-39)65-38-66(52-20-11-10-19-51(52)65)45-15-14-16-46(35-45)68-54-37-53-48(47-17-8-9-18-50(47)67(53)55-21-12-13-34-61-55)36-49(54)58-63-56(40-24-28-42(29-25-40)59(2,3)4)62-57(64-58)41-26-30-43(31-27-41)60(5,6)7;/h8-33,36,38H,34H2,1-7H3;/q-4;+4. The van der Waals surface area contributed by atoms with E-state index in [9.17, 15) is 0 Å². The van der Waals surface area contributed by atoms with Crippen LogP contribution < -0.4 is 14.5 Å². The van der Waals surface area contributed by atoms with Gasteiger partial charge in [0.05, 0.1) is 0 Å². The van der Waals surface area contributed by atoms with Crippen molar-refractivity contribution in [2.24, 2.45) is 0 Å². The average Bonchev–Trinajstić information content (AvgIpc) is 3.90. The normalized spacial score (nSPS) is 13.6. The first-order valence-electron chi connectivity index (χ1n) is 23.2. The molecular formula is C60H51N7OPt. The molecule has 0 unspecified atom stereocenters. The van der Waals surface area contributed by atoms with Crippen LogP contribution in [-0.4, -0.2) is 26.1 Å². The van der Waals surface area contributed by atoms with E-state index < -0.39 is 0 Å². The Morgan fingerprint density at radius 3 is 1.86 bits per heavy atom. The largest absolute Gasteiger partial charge is 4.00 e. The second-order valence-corrected chi connectivity index (χ2v) is 19.6. The second kappa shape index (κ2) is 18.0. The number of aromatic nitrogens is 4. The summed E-state index contributed by atoms with van der Waals surface area (Å²) in [5.74, 6) is 3.37. The summed E-state index contributed by atoms with van der Waals surface area (Å²) in [5, 5.41) is 6.95. The van der Waals surface area contributed by atoms with E-state index in [-0.39, 0.29) is 31.9 Å². The van der Waals surface area contributed by atoms with E-state index in [1.54, 1.807) is 0 Å². The van der Waals surface area contributed by atoms with Crippen molar-refractivity contribution in [3.05, 3.63) is 205 Å². The zero-order valence-electron chi connectivity index (χ0n) is 39.7. The minimum atomic E-state index is -0.0123. The smallest absolute Gasteiger partial charge is 0.508 e. The molecule has 9 heteroatoms. The molecule has 2 aliphatic heterocycles. The molecule has 2 aromatic heterocycles. The van der Waals surface area contributed by atoms with Crippen molar-refractivity contribution >= 4 is 50.4 Å². The Hall–Kier alpha value is -7.28.